The van der Waals surface area contributed by atoms with Crippen LogP contribution in [0.25, 0.3) is 0 Å². The Balaban J connectivity index is 1.93. The average molecular weight is 642 g/mol. The standard InChI is InChI=1S/C28H31F8N3O3S/c1-24(2,38)22(37)23(40)39-21-12-13-25(43(41,42)18-9-7-17(29)8-10-18)19-11-6-16(14-15(19)4-3-5-20(21)25)26(30,27(31,32)33)28(34,35)36/h6-11,14,20-22H,3-5,12-13,37-38H2,1-2H3,(H,39,40)/t20-,21+,22+,25+/m0/s1. The number of carbonyl (C=O) groups is 1. The molecule has 15 heteroatoms. The third kappa shape index (κ3) is 5.30. The van der Waals surface area contributed by atoms with E-state index >= 15 is 4.39 Å². The molecule has 238 valence electrons. The van der Waals surface area contributed by atoms with Crippen molar-refractivity contribution in [3.8, 4) is 0 Å². The number of benzene rings is 2. The number of fused-ring (bicyclic) bond motifs is 3. The summed E-state index contributed by atoms with van der Waals surface area (Å²) in [5, 5.41) is 2.75. The zero-order chi connectivity index (χ0) is 32.4. The van der Waals surface area contributed by atoms with Gasteiger partial charge in [0, 0.05) is 23.1 Å². The number of nitrogens with one attached hydrogen (secondary N) is 1. The van der Waals surface area contributed by atoms with E-state index < -0.39 is 73.4 Å². The number of hydrogen-bond donors (Lipinski definition) is 3. The van der Waals surface area contributed by atoms with Gasteiger partial charge in [0.15, 0.2) is 9.84 Å². The van der Waals surface area contributed by atoms with Gasteiger partial charge in [0.05, 0.1) is 4.90 Å². The first kappa shape index (κ1) is 33.1. The number of amides is 1. The van der Waals surface area contributed by atoms with E-state index in [1.807, 2.05) is 0 Å². The number of aryl methyl sites for hydroxylation is 1. The molecule has 1 fully saturated rings. The van der Waals surface area contributed by atoms with Crippen molar-refractivity contribution in [2.24, 2.45) is 17.4 Å². The number of alkyl halides is 7. The SMILES string of the molecule is CC(C)(N)[C@H](N)C(=O)N[C@@H]1CC[C@@]2(S(=O)(=O)c3ccc(F)cc3)c3ccc(C(F)(C(F)(F)F)C(F)(F)F)cc3CCC[C@@H]12. The van der Waals surface area contributed by atoms with Crippen LogP contribution in [0.1, 0.15) is 56.2 Å². The summed E-state index contributed by atoms with van der Waals surface area (Å²) in [4.78, 5) is 12.7. The maximum atomic E-state index is 15.0. The van der Waals surface area contributed by atoms with E-state index in [0.29, 0.717) is 12.1 Å². The Hall–Kier alpha value is -2.78. The molecule has 0 saturated heterocycles. The lowest BCUT2D eigenvalue weighted by Gasteiger charge is -2.38. The average Bonchev–Trinajstić information content (AvgIpc) is 3.15. The predicted molar refractivity (Wildman–Crippen MR) is 140 cm³/mol. The molecule has 0 heterocycles. The lowest BCUT2D eigenvalue weighted by atomic mass is 9.82. The zero-order valence-corrected chi connectivity index (χ0v) is 23.9. The summed E-state index contributed by atoms with van der Waals surface area (Å²) < 4.78 is 137. The number of carbonyl (C=O) groups excluding carboxylic acids is 1. The highest BCUT2D eigenvalue weighted by molar-refractivity contribution is 7.92. The van der Waals surface area contributed by atoms with Gasteiger partial charge in [0.1, 0.15) is 16.6 Å². The van der Waals surface area contributed by atoms with Crippen molar-refractivity contribution in [2.75, 3.05) is 0 Å². The number of nitrogens with two attached hydrogens (primary N) is 2. The van der Waals surface area contributed by atoms with Gasteiger partial charge >= 0.3 is 18.0 Å². The molecule has 0 unspecified atom stereocenters. The minimum atomic E-state index is -6.36. The minimum absolute atomic E-state index is 0.0495. The van der Waals surface area contributed by atoms with Gasteiger partial charge in [-0.15, -0.1) is 0 Å². The summed E-state index contributed by atoms with van der Waals surface area (Å²) in [6.45, 7) is 3.03. The number of sulfone groups is 1. The van der Waals surface area contributed by atoms with Crippen LogP contribution in [-0.2, 0) is 31.5 Å². The molecule has 2 aromatic carbocycles. The molecule has 0 spiro atoms. The summed E-state index contributed by atoms with van der Waals surface area (Å²) in [5.74, 6) is -2.34. The smallest absolute Gasteiger partial charge is 0.352 e. The van der Waals surface area contributed by atoms with Gasteiger partial charge in [0.2, 0.25) is 5.91 Å². The number of halogens is 8. The van der Waals surface area contributed by atoms with Crippen LogP contribution in [0.3, 0.4) is 0 Å². The summed E-state index contributed by atoms with van der Waals surface area (Å²) in [5.41, 5.74) is 3.07. The van der Waals surface area contributed by atoms with Gasteiger partial charge in [-0.3, -0.25) is 4.79 Å². The molecule has 2 aromatic rings. The first-order valence-corrected chi connectivity index (χ1v) is 14.9. The molecule has 6 nitrogen and oxygen atoms in total. The van der Waals surface area contributed by atoms with E-state index in [1.54, 1.807) is 0 Å². The monoisotopic (exact) mass is 641 g/mol. The van der Waals surface area contributed by atoms with Crippen LogP contribution in [0.4, 0.5) is 35.1 Å². The van der Waals surface area contributed by atoms with Crippen molar-refractivity contribution in [1.29, 1.82) is 0 Å². The van der Waals surface area contributed by atoms with Crippen molar-refractivity contribution in [3.63, 3.8) is 0 Å². The van der Waals surface area contributed by atoms with E-state index in [1.165, 1.54) is 13.8 Å². The highest BCUT2D eigenvalue weighted by Gasteiger charge is 2.73. The quantitative estimate of drug-likeness (QED) is 0.301. The minimum Gasteiger partial charge on any atom is -0.352 e. The second kappa shape index (κ2) is 10.7. The van der Waals surface area contributed by atoms with Crippen LogP contribution < -0.4 is 16.8 Å². The molecular weight excluding hydrogens is 610 g/mol. The molecule has 43 heavy (non-hydrogen) atoms. The molecule has 2 aliphatic carbocycles. The Labute approximate surface area is 243 Å². The second-order valence-corrected chi connectivity index (χ2v) is 14.0. The van der Waals surface area contributed by atoms with Crippen molar-refractivity contribution < 1.29 is 48.3 Å². The van der Waals surface area contributed by atoms with E-state index in [0.717, 1.165) is 30.3 Å². The Kier molecular flexibility index (Phi) is 8.23. The number of hydrogen-bond acceptors (Lipinski definition) is 5. The van der Waals surface area contributed by atoms with Crippen molar-refractivity contribution in [2.45, 2.75) is 91.2 Å². The van der Waals surface area contributed by atoms with Gasteiger partial charge in [-0.25, -0.2) is 17.2 Å². The normalized spacial score (nSPS) is 24.1. The Morgan fingerprint density at radius 2 is 1.56 bits per heavy atom. The van der Waals surface area contributed by atoms with Crippen LogP contribution in [0.5, 0.6) is 0 Å². The molecule has 1 amide bonds. The Morgan fingerprint density at radius 3 is 2.09 bits per heavy atom. The molecule has 4 atom stereocenters. The van der Waals surface area contributed by atoms with Gasteiger partial charge in [0.25, 0.3) is 0 Å². The third-order valence-corrected chi connectivity index (χ3v) is 11.2. The van der Waals surface area contributed by atoms with Crippen molar-refractivity contribution in [3.05, 3.63) is 65.0 Å². The van der Waals surface area contributed by atoms with Crippen molar-refractivity contribution >= 4 is 15.7 Å². The molecule has 0 aromatic heterocycles. The maximum Gasteiger partial charge on any atom is 0.435 e. The predicted octanol–water partition coefficient (Wildman–Crippen LogP) is 5.08. The lowest BCUT2D eigenvalue weighted by molar-refractivity contribution is -0.348. The zero-order valence-electron chi connectivity index (χ0n) is 23.1. The fraction of sp³-hybridized carbons (Fsp3) is 0.536. The summed E-state index contributed by atoms with van der Waals surface area (Å²) in [6, 6.07) is 3.34. The molecule has 0 aliphatic heterocycles. The summed E-state index contributed by atoms with van der Waals surface area (Å²) >= 11 is 0. The summed E-state index contributed by atoms with van der Waals surface area (Å²) in [7, 11) is -4.55. The fourth-order valence-corrected chi connectivity index (χ4v) is 8.83. The maximum absolute atomic E-state index is 15.0. The van der Waals surface area contributed by atoms with Crippen molar-refractivity contribution in [1.82, 2.24) is 5.32 Å². The number of rotatable bonds is 6. The lowest BCUT2D eigenvalue weighted by Crippen LogP contribution is -2.60. The van der Waals surface area contributed by atoms with Crippen LogP contribution >= 0.6 is 0 Å². The molecule has 2 aliphatic rings. The molecule has 5 N–H and O–H groups in total. The van der Waals surface area contributed by atoms with Gasteiger partial charge in [-0.05, 0) is 81.3 Å². The Bertz CT molecular complexity index is 1470. The van der Waals surface area contributed by atoms with Gasteiger partial charge < -0.3 is 16.8 Å². The second-order valence-electron chi connectivity index (χ2n) is 11.8. The topological polar surface area (TPSA) is 115 Å². The van der Waals surface area contributed by atoms with E-state index in [9.17, 15) is 43.9 Å². The first-order valence-electron chi connectivity index (χ1n) is 13.4. The molecular formula is C28H31F8N3O3S. The van der Waals surface area contributed by atoms with Gasteiger partial charge in [-0.1, -0.05) is 18.2 Å². The fourth-order valence-electron chi connectivity index (χ4n) is 6.36. The third-order valence-electron chi connectivity index (χ3n) is 8.63. The molecule has 4 rings (SSSR count). The largest absolute Gasteiger partial charge is 0.435 e. The van der Waals surface area contributed by atoms with E-state index in [2.05, 4.69) is 5.32 Å². The molecule has 0 bridgehead atoms. The Morgan fingerprint density at radius 1 is 0.977 bits per heavy atom. The molecule has 0 radical (unpaired) electrons. The van der Waals surface area contributed by atoms with E-state index in [-0.39, 0.29) is 48.1 Å². The molecule has 1 saturated carbocycles. The highest BCUT2D eigenvalue weighted by atomic mass is 32.2. The van der Waals surface area contributed by atoms with Crippen LogP contribution in [-0.4, -0.2) is 44.3 Å². The first-order chi connectivity index (χ1) is 19.6. The van der Waals surface area contributed by atoms with Crippen LogP contribution in [0, 0.1) is 11.7 Å². The van der Waals surface area contributed by atoms with Gasteiger partial charge in [-0.2, -0.15) is 26.3 Å². The van der Waals surface area contributed by atoms with E-state index in [4.69, 9.17) is 11.5 Å². The highest BCUT2D eigenvalue weighted by Crippen LogP contribution is 2.58. The van der Waals surface area contributed by atoms with Crippen LogP contribution in [0.2, 0.25) is 0 Å². The summed E-state index contributed by atoms with van der Waals surface area (Å²) in [6.07, 6.45) is -12.9. The van der Waals surface area contributed by atoms with Crippen LogP contribution in [0.15, 0.2) is 47.4 Å².